The molecule has 1 atom stereocenters. The topological polar surface area (TPSA) is 24.9 Å². The third-order valence-electron chi connectivity index (χ3n) is 3.08. The smallest absolute Gasteiger partial charge is 0.0595 e. The zero-order chi connectivity index (χ0) is 13.8. The minimum Gasteiger partial charge on any atom is -0.306 e. The van der Waals surface area contributed by atoms with Gasteiger partial charge in [-0.15, -0.1) is 0 Å². The zero-order valence-electron chi connectivity index (χ0n) is 11.0. The number of nitrogens with one attached hydrogen (secondary N) is 1. The number of aromatic nitrogens is 1. The van der Waals surface area contributed by atoms with Crippen LogP contribution in [-0.4, -0.2) is 11.5 Å². The van der Waals surface area contributed by atoms with Gasteiger partial charge in [-0.2, -0.15) is 0 Å². The Morgan fingerprint density at radius 2 is 2.00 bits per heavy atom. The maximum atomic E-state index is 6.11. The Bertz CT molecular complexity index is 570. The van der Waals surface area contributed by atoms with Gasteiger partial charge in [-0.3, -0.25) is 4.98 Å². The lowest BCUT2D eigenvalue weighted by Gasteiger charge is -2.20. The maximum absolute atomic E-state index is 6.11. The first kappa shape index (κ1) is 14.3. The summed E-state index contributed by atoms with van der Waals surface area (Å²) in [4.78, 5) is 4.22. The van der Waals surface area contributed by atoms with Gasteiger partial charge in [0.05, 0.1) is 16.1 Å². The lowest BCUT2D eigenvalue weighted by molar-refractivity contribution is 0.625. The second kappa shape index (κ2) is 6.38. The van der Waals surface area contributed by atoms with Gasteiger partial charge in [0, 0.05) is 12.4 Å². The fourth-order valence-corrected chi connectivity index (χ4v) is 2.39. The molecule has 100 valence electrons. The first-order valence-electron chi connectivity index (χ1n) is 6.22. The number of benzene rings is 1. The van der Waals surface area contributed by atoms with E-state index in [1.54, 1.807) is 6.20 Å². The highest BCUT2D eigenvalue weighted by molar-refractivity contribution is 6.42. The summed E-state index contributed by atoms with van der Waals surface area (Å²) in [5, 5.41) is 4.61. The van der Waals surface area contributed by atoms with Crippen LogP contribution >= 0.6 is 23.2 Å². The van der Waals surface area contributed by atoms with Gasteiger partial charge in [0.2, 0.25) is 0 Å². The molecule has 1 unspecified atom stereocenters. The number of hydrogen-bond donors (Lipinski definition) is 1. The van der Waals surface area contributed by atoms with Crippen LogP contribution in [0.1, 0.15) is 29.7 Å². The molecular formula is C15H16Cl2N2. The molecule has 4 heteroatoms. The van der Waals surface area contributed by atoms with Crippen LogP contribution in [0.15, 0.2) is 36.7 Å². The Kier molecular flexibility index (Phi) is 4.81. The molecule has 0 bridgehead atoms. The first-order valence-corrected chi connectivity index (χ1v) is 6.98. The number of hydrogen-bond acceptors (Lipinski definition) is 2. The largest absolute Gasteiger partial charge is 0.306 e. The minimum absolute atomic E-state index is 0.0773. The lowest BCUT2D eigenvalue weighted by Crippen LogP contribution is -2.23. The van der Waals surface area contributed by atoms with Gasteiger partial charge in [0.1, 0.15) is 0 Å². The SMILES string of the molecule is CCNC(c1ccc(Cl)c(Cl)c1)c1cnccc1C. The molecular weight excluding hydrogens is 279 g/mol. The number of aryl methyl sites for hydroxylation is 1. The summed E-state index contributed by atoms with van der Waals surface area (Å²) in [5.74, 6) is 0. The molecule has 0 fully saturated rings. The van der Waals surface area contributed by atoms with Crippen molar-refractivity contribution in [3.63, 3.8) is 0 Å². The Hall–Kier alpha value is -1.09. The normalized spacial score (nSPS) is 12.4. The van der Waals surface area contributed by atoms with E-state index in [2.05, 4.69) is 24.1 Å². The Morgan fingerprint density at radius 3 is 2.63 bits per heavy atom. The third-order valence-corrected chi connectivity index (χ3v) is 3.81. The number of nitrogens with zero attached hydrogens (tertiary/aromatic N) is 1. The highest BCUT2D eigenvalue weighted by Crippen LogP contribution is 2.29. The van der Waals surface area contributed by atoms with Crippen molar-refractivity contribution in [1.29, 1.82) is 0 Å². The molecule has 0 aliphatic carbocycles. The van der Waals surface area contributed by atoms with E-state index in [0.29, 0.717) is 10.0 Å². The maximum Gasteiger partial charge on any atom is 0.0595 e. The molecule has 0 aliphatic rings. The summed E-state index contributed by atoms with van der Waals surface area (Å²) in [5.41, 5.74) is 3.45. The molecule has 2 nitrogen and oxygen atoms in total. The van der Waals surface area contributed by atoms with Gasteiger partial charge in [-0.25, -0.2) is 0 Å². The van der Waals surface area contributed by atoms with E-state index in [4.69, 9.17) is 23.2 Å². The molecule has 0 radical (unpaired) electrons. The monoisotopic (exact) mass is 294 g/mol. The summed E-state index contributed by atoms with van der Waals surface area (Å²) in [6.45, 7) is 5.02. The number of pyridine rings is 1. The second-order valence-electron chi connectivity index (χ2n) is 4.40. The Morgan fingerprint density at radius 1 is 1.21 bits per heavy atom. The van der Waals surface area contributed by atoms with Crippen LogP contribution in [0.25, 0.3) is 0 Å². The van der Waals surface area contributed by atoms with Crippen molar-refractivity contribution in [3.05, 3.63) is 63.4 Å². The second-order valence-corrected chi connectivity index (χ2v) is 5.21. The van der Waals surface area contributed by atoms with Crippen LogP contribution in [0.3, 0.4) is 0 Å². The fraction of sp³-hybridized carbons (Fsp3) is 0.267. The summed E-state index contributed by atoms with van der Waals surface area (Å²) in [6.07, 6.45) is 3.70. The van der Waals surface area contributed by atoms with Crippen molar-refractivity contribution in [2.45, 2.75) is 19.9 Å². The standard InChI is InChI=1S/C15H16Cl2N2/c1-3-19-15(12-9-18-7-6-10(12)2)11-4-5-13(16)14(17)8-11/h4-9,15,19H,3H2,1-2H3. The first-order chi connectivity index (χ1) is 9.13. The van der Waals surface area contributed by atoms with E-state index >= 15 is 0 Å². The van der Waals surface area contributed by atoms with Gasteiger partial charge < -0.3 is 5.32 Å². The van der Waals surface area contributed by atoms with Crippen LogP contribution in [0, 0.1) is 6.92 Å². The number of halogens is 2. The van der Waals surface area contributed by atoms with Crippen molar-refractivity contribution in [2.24, 2.45) is 0 Å². The average Bonchev–Trinajstić information content (AvgIpc) is 2.40. The Balaban J connectivity index is 2.45. The molecule has 19 heavy (non-hydrogen) atoms. The van der Waals surface area contributed by atoms with Gasteiger partial charge in [-0.05, 0) is 48.4 Å². The van der Waals surface area contributed by atoms with Crippen LogP contribution in [0.2, 0.25) is 10.0 Å². The molecule has 0 saturated carbocycles. The van der Waals surface area contributed by atoms with Gasteiger partial charge >= 0.3 is 0 Å². The van der Waals surface area contributed by atoms with Gasteiger partial charge in [0.15, 0.2) is 0 Å². The summed E-state index contributed by atoms with van der Waals surface area (Å²) < 4.78 is 0. The highest BCUT2D eigenvalue weighted by atomic mass is 35.5. The molecule has 2 rings (SSSR count). The van der Waals surface area contributed by atoms with E-state index < -0.39 is 0 Å². The molecule has 1 aromatic carbocycles. The van der Waals surface area contributed by atoms with Crippen molar-refractivity contribution in [2.75, 3.05) is 6.54 Å². The van der Waals surface area contributed by atoms with Crippen molar-refractivity contribution >= 4 is 23.2 Å². The van der Waals surface area contributed by atoms with Crippen LogP contribution in [-0.2, 0) is 0 Å². The zero-order valence-corrected chi connectivity index (χ0v) is 12.5. The summed E-state index contributed by atoms with van der Waals surface area (Å²) in [7, 11) is 0. The molecule has 2 aromatic rings. The molecule has 0 saturated heterocycles. The van der Waals surface area contributed by atoms with E-state index in [0.717, 1.165) is 17.7 Å². The predicted molar refractivity (Wildman–Crippen MR) is 81.0 cm³/mol. The van der Waals surface area contributed by atoms with Crippen molar-refractivity contribution in [1.82, 2.24) is 10.3 Å². The fourth-order valence-electron chi connectivity index (χ4n) is 2.08. The quantitative estimate of drug-likeness (QED) is 0.904. The molecule has 0 spiro atoms. The van der Waals surface area contributed by atoms with E-state index in [9.17, 15) is 0 Å². The molecule has 0 amide bonds. The summed E-state index contributed by atoms with van der Waals surface area (Å²) >= 11 is 12.1. The minimum atomic E-state index is 0.0773. The van der Waals surface area contributed by atoms with E-state index in [1.165, 1.54) is 5.56 Å². The molecule has 1 aromatic heterocycles. The summed E-state index contributed by atoms with van der Waals surface area (Å²) in [6, 6.07) is 7.82. The molecule has 0 aliphatic heterocycles. The van der Waals surface area contributed by atoms with E-state index in [-0.39, 0.29) is 6.04 Å². The Labute approximate surface area is 123 Å². The lowest BCUT2D eigenvalue weighted by atomic mass is 9.97. The van der Waals surface area contributed by atoms with Crippen LogP contribution in [0.4, 0.5) is 0 Å². The highest BCUT2D eigenvalue weighted by Gasteiger charge is 2.16. The van der Waals surface area contributed by atoms with Gasteiger partial charge in [-0.1, -0.05) is 36.2 Å². The molecule has 1 N–H and O–H groups in total. The van der Waals surface area contributed by atoms with Crippen molar-refractivity contribution in [3.8, 4) is 0 Å². The van der Waals surface area contributed by atoms with Crippen LogP contribution < -0.4 is 5.32 Å². The van der Waals surface area contributed by atoms with Gasteiger partial charge in [0.25, 0.3) is 0 Å². The predicted octanol–water partition coefficient (Wildman–Crippen LogP) is 4.40. The third kappa shape index (κ3) is 3.27. The van der Waals surface area contributed by atoms with E-state index in [1.807, 2.05) is 30.5 Å². The number of rotatable bonds is 4. The molecule has 1 heterocycles. The van der Waals surface area contributed by atoms with Crippen molar-refractivity contribution < 1.29 is 0 Å². The van der Waals surface area contributed by atoms with Crippen LogP contribution in [0.5, 0.6) is 0 Å². The average molecular weight is 295 g/mol.